The van der Waals surface area contributed by atoms with Crippen LogP contribution in [-0.2, 0) is 19.1 Å². The molecule has 1 aromatic rings. The highest BCUT2D eigenvalue weighted by molar-refractivity contribution is 6.38. The summed E-state index contributed by atoms with van der Waals surface area (Å²) in [6, 6.07) is 7.97. The van der Waals surface area contributed by atoms with Gasteiger partial charge in [0, 0.05) is 19.9 Å². The van der Waals surface area contributed by atoms with Crippen LogP contribution in [0.2, 0.25) is 0 Å². The molecule has 0 aromatic heterocycles. The van der Waals surface area contributed by atoms with E-state index in [1.807, 2.05) is 51.1 Å². The van der Waals surface area contributed by atoms with Gasteiger partial charge in [0.1, 0.15) is 6.04 Å². The number of ether oxygens (including phenoxy) is 1. The molecule has 176 valence electrons. The van der Waals surface area contributed by atoms with Crippen LogP contribution in [0, 0.1) is 5.41 Å². The van der Waals surface area contributed by atoms with Crippen molar-refractivity contribution >= 4 is 23.7 Å². The molecule has 0 bridgehead atoms. The standard InChI is InChI=1S/C24H35N3O5/c1-6-7-13-19(21(29)22(30)25-16(2)18-11-9-8-10-12-18)26-23(31)32-20-14-24(4,5)15-27(20)17(3)28/h8-12,16,19-20H,6-7,13-15H2,1-5H3,(H,25,30)(H,26,31)/t16-,19+,20?/m1/s1. The van der Waals surface area contributed by atoms with Crippen molar-refractivity contribution in [3.05, 3.63) is 35.9 Å². The molecule has 0 saturated carbocycles. The third-order valence-electron chi connectivity index (χ3n) is 5.65. The number of alkyl carbamates (subject to hydrolysis) is 1. The molecule has 3 atom stereocenters. The Labute approximate surface area is 190 Å². The normalized spacial score (nSPS) is 19.0. The predicted molar refractivity (Wildman–Crippen MR) is 121 cm³/mol. The van der Waals surface area contributed by atoms with Gasteiger partial charge in [-0.05, 0) is 24.3 Å². The number of benzene rings is 1. The minimum atomic E-state index is -0.995. The average molecular weight is 446 g/mol. The zero-order chi connectivity index (χ0) is 23.9. The number of Topliss-reactive ketones (excluding diaryl/α,β-unsaturated/α-hetero) is 1. The second-order valence-corrected chi connectivity index (χ2v) is 9.18. The number of ketones is 1. The van der Waals surface area contributed by atoms with Crippen LogP contribution in [0.5, 0.6) is 0 Å². The Bertz CT molecular complexity index is 824. The second-order valence-electron chi connectivity index (χ2n) is 9.18. The number of amides is 3. The van der Waals surface area contributed by atoms with Crippen LogP contribution in [0.3, 0.4) is 0 Å². The number of unbranched alkanes of at least 4 members (excludes halogenated alkanes) is 1. The Morgan fingerprint density at radius 1 is 1.16 bits per heavy atom. The van der Waals surface area contributed by atoms with Gasteiger partial charge in [0.05, 0.1) is 6.04 Å². The van der Waals surface area contributed by atoms with E-state index >= 15 is 0 Å². The predicted octanol–water partition coefficient (Wildman–Crippen LogP) is 3.32. The van der Waals surface area contributed by atoms with E-state index in [2.05, 4.69) is 10.6 Å². The van der Waals surface area contributed by atoms with Gasteiger partial charge in [-0.15, -0.1) is 0 Å². The van der Waals surface area contributed by atoms with Crippen LogP contribution in [0.25, 0.3) is 0 Å². The molecule has 2 rings (SSSR count). The zero-order valence-corrected chi connectivity index (χ0v) is 19.6. The van der Waals surface area contributed by atoms with Crippen LogP contribution in [0.4, 0.5) is 4.79 Å². The maximum absolute atomic E-state index is 12.8. The van der Waals surface area contributed by atoms with Gasteiger partial charge in [-0.2, -0.15) is 0 Å². The topological polar surface area (TPSA) is 105 Å². The lowest BCUT2D eigenvalue weighted by Gasteiger charge is -2.24. The number of carbonyl (C=O) groups is 4. The fourth-order valence-corrected chi connectivity index (χ4v) is 3.86. The van der Waals surface area contributed by atoms with Crippen molar-refractivity contribution in [2.45, 2.75) is 78.6 Å². The summed E-state index contributed by atoms with van der Waals surface area (Å²) in [7, 11) is 0. The molecule has 3 amide bonds. The summed E-state index contributed by atoms with van der Waals surface area (Å²) in [5.41, 5.74) is 0.695. The Morgan fingerprint density at radius 2 is 1.81 bits per heavy atom. The highest BCUT2D eigenvalue weighted by Crippen LogP contribution is 2.34. The summed E-state index contributed by atoms with van der Waals surface area (Å²) in [5, 5.41) is 5.25. The van der Waals surface area contributed by atoms with Gasteiger partial charge < -0.3 is 20.3 Å². The first-order chi connectivity index (χ1) is 15.0. The van der Waals surface area contributed by atoms with Crippen LogP contribution in [0.1, 0.15) is 71.9 Å². The maximum atomic E-state index is 12.8. The SMILES string of the molecule is CCCC[C@H](NC(=O)OC1CC(C)(C)CN1C(C)=O)C(=O)C(=O)N[C@H](C)c1ccccc1. The molecule has 1 heterocycles. The molecule has 1 fully saturated rings. The molecule has 0 aliphatic carbocycles. The van der Waals surface area contributed by atoms with E-state index in [-0.39, 0.29) is 17.4 Å². The van der Waals surface area contributed by atoms with Gasteiger partial charge in [0.15, 0.2) is 6.23 Å². The quantitative estimate of drug-likeness (QED) is 0.568. The summed E-state index contributed by atoms with van der Waals surface area (Å²) in [4.78, 5) is 51.4. The van der Waals surface area contributed by atoms with Crippen LogP contribution in [-0.4, -0.2) is 47.4 Å². The third kappa shape index (κ3) is 7.07. The molecule has 32 heavy (non-hydrogen) atoms. The fourth-order valence-electron chi connectivity index (χ4n) is 3.86. The molecule has 8 nitrogen and oxygen atoms in total. The number of rotatable bonds is 9. The van der Waals surface area contributed by atoms with E-state index < -0.39 is 30.1 Å². The highest BCUT2D eigenvalue weighted by Gasteiger charge is 2.41. The van der Waals surface area contributed by atoms with Crippen molar-refractivity contribution in [1.29, 1.82) is 0 Å². The molecule has 1 aliphatic rings. The minimum absolute atomic E-state index is 0.179. The van der Waals surface area contributed by atoms with Crippen LogP contribution < -0.4 is 10.6 Å². The van der Waals surface area contributed by atoms with Gasteiger partial charge >= 0.3 is 6.09 Å². The second kappa shape index (κ2) is 11.1. The fraction of sp³-hybridized carbons (Fsp3) is 0.583. The van der Waals surface area contributed by atoms with Crippen molar-refractivity contribution in [2.75, 3.05) is 6.54 Å². The number of carbonyl (C=O) groups excluding carboxylic acids is 4. The smallest absolute Gasteiger partial charge is 0.409 e. The average Bonchev–Trinajstić information content (AvgIpc) is 3.05. The van der Waals surface area contributed by atoms with E-state index in [4.69, 9.17) is 4.74 Å². The Morgan fingerprint density at radius 3 is 2.41 bits per heavy atom. The summed E-state index contributed by atoms with van der Waals surface area (Å²) < 4.78 is 5.48. The first-order valence-electron chi connectivity index (χ1n) is 11.2. The molecule has 0 spiro atoms. The van der Waals surface area contributed by atoms with Gasteiger partial charge in [0.25, 0.3) is 5.91 Å². The summed E-state index contributed by atoms with van der Waals surface area (Å²) >= 11 is 0. The number of hydrogen-bond acceptors (Lipinski definition) is 5. The Balaban J connectivity index is 2.02. The van der Waals surface area contributed by atoms with Gasteiger partial charge in [-0.1, -0.05) is 63.9 Å². The zero-order valence-electron chi connectivity index (χ0n) is 19.6. The van der Waals surface area contributed by atoms with Gasteiger partial charge in [0.2, 0.25) is 11.7 Å². The molecule has 1 aromatic carbocycles. The lowest BCUT2D eigenvalue weighted by atomic mass is 9.93. The number of likely N-dealkylation sites (tertiary alicyclic amines) is 1. The van der Waals surface area contributed by atoms with Crippen LogP contribution >= 0.6 is 0 Å². The summed E-state index contributed by atoms with van der Waals surface area (Å²) in [6.45, 7) is 9.66. The lowest BCUT2D eigenvalue weighted by Crippen LogP contribution is -2.49. The molecule has 1 unspecified atom stereocenters. The molecular formula is C24H35N3O5. The third-order valence-corrected chi connectivity index (χ3v) is 5.65. The Hall–Kier alpha value is -2.90. The number of nitrogens with zero attached hydrogens (tertiary/aromatic N) is 1. The van der Waals surface area contributed by atoms with E-state index in [0.29, 0.717) is 25.8 Å². The molecular weight excluding hydrogens is 410 g/mol. The largest absolute Gasteiger partial charge is 0.425 e. The lowest BCUT2D eigenvalue weighted by molar-refractivity contribution is -0.139. The van der Waals surface area contributed by atoms with Crippen molar-refractivity contribution < 1.29 is 23.9 Å². The van der Waals surface area contributed by atoms with E-state index in [1.165, 1.54) is 11.8 Å². The maximum Gasteiger partial charge on any atom is 0.409 e. The summed E-state index contributed by atoms with van der Waals surface area (Å²) in [5.74, 6) is -1.65. The molecule has 1 aliphatic heterocycles. The van der Waals surface area contributed by atoms with Crippen molar-refractivity contribution in [3.63, 3.8) is 0 Å². The minimum Gasteiger partial charge on any atom is -0.425 e. The van der Waals surface area contributed by atoms with Crippen molar-refractivity contribution in [2.24, 2.45) is 5.41 Å². The highest BCUT2D eigenvalue weighted by atomic mass is 16.6. The first kappa shape index (κ1) is 25.4. The first-order valence-corrected chi connectivity index (χ1v) is 11.2. The van der Waals surface area contributed by atoms with E-state index in [1.54, 1.807) is 6.92 Å². The number of nitrogens with one attached hydrogen (secondary N) is 2. The summed E-state index contributed by atoms with van der Waals surface area (Å²) in [6.07, 6.45) is 0.784. The molecule has 8 heteroatoms. The van der Waals surface area contributed by atoms with E-state index in [0.717, 1.165) is 12.0 Å². The van der Waals surface area contributed by atoms with Crippen molar-refractivity contribution in [1.82, 2.24) is 15.5 Å². The van der Waals surface area contributed by atoms with Crippen LogP contribution in [0.15, 0.2) is 30.3 Å². The monoisotopic (exact) mass is 445 g/mol. The van der Waals surface area contributed by atoms with Gasteiger partial charge in [-0.3, -0.25) is 14.4 Å². The molecule has 2 N–H and O–H groups in total. The van der Waals surface area contributed by atoms with Crippen molar-refractivity contribution in [3.8, 4) is 0 Å². The number of hydrogen-bond donors (Lipinski definition) is 2. The van der Waals surface area contributed by atoms with E-state index in [9.17, 15) is 19.2 Å². The molecule has 1 saturated heterocycles. The van der Waals surface area contributed by atoms with Gasteiger partial charge in [-0.25, -0.2) is 4.79 Å². The molecule has 0 radical (unpaired) electrons. The Kier molecular flexibility index (Phi) is 8.80.